The van der Waals surface area contributed by atoms with E-state index in [1.54, 1.807) is 0 Å². The second-order valence-electron chi connectivity index (χ2n) is 11.2. The molecule has 0 aliphatic rings. The Bertz CT molecular complexity index is 755. The third kappa shape index (κ3) is 20.0. The van der Waals surface area contributed by atoms with Gasteiger partial charge in [0.1, 0.15) is 12.1 Å². The van der Waals surface area contributed by atoms with Gasteiger partial charge in [0.25, 0.3) is 0 Å². The quantitative estimate of drug-likeness (QED) is 0.1000. The molecule has 9 heteroatoms. The molecule has 0 aromatic rings. The minimum Gasteiger partial charge on any atom is -0.480 e. The van der Waals surface area contributed by atoms with Crippen molar-refractivity contribution in [1.29, 1.82) is 0 Å². The number of carboxylic acid groups (broad SMARTS) is 2. The summed E-state index contributed by atoms with van der Waals surface area (Å²) in [5.74, 6) is -0.698. The van der Waals surface area contributed by atoms with Crippen LogP contribution in [0.4, 0.5) is 0 Å². The normalized spacial score (nSPS) is 15.0. The fourth-order valence-corrected chi connectivity index (χ4v) is 5.26. The fraction of sp³-hybridized carbons (Fsp3) is 0.793. The Balaban J connectivity index is 4.22. The van der Waals surface area contributed by atoms with Crippen molar-refractivity contribution in [3.8, 4) is 0 Å². The second-order valence-corrected chi connectivity index (χ2v) is 12.3. The maximum absolute atomic E-state index is 12.1. The van der Waals surface area contributed by atoms with E-state index >= 15 is 0 Å². The molecule has 4 atom stereocenters. The van der Waals surface area contributed by atoms with Gasteiger partial charge in [0.15, 0.2) is 0 Å². The number of thioether (sulfide) groups is 1. The SMILES string of the molecule is CC(=O)NC(CC(=O)NC(CSC/C=C(\C)CCCC(C)CCCC(C)CCCC(C)C)C(=O)O)C(=O)O. The molecule has 0 rings (SSSR count). The van der Waals surface area contributed by atoms with Gasteiger partial charge in [-0.1, -0.05) is 84.3 Å². The molecule has 2 amide bonds. The number of allylic oxidation sites excluding steroid dienone is 1. The summed E-state index contributed by atoms with van der Waals surface area (Å²) < 4.78 is 0. The molecule has 0 aromatic heterocycles. The number of aliphatic carboxylic acids is 2. The van der Waals surface area contributed by atoms with Crippen LogP contribution in [-0.4, -0.2) is 57.6 Å². The van der Waals surface area contributed by atoms with Gasteiger partial charge in [-0.15, -0.1) is 0 Å². The minimum atomic E-state index is -1.40. The highest BCUT2D eigenvalue weighted by molar-refractivity contribution is 7.99. The molecule has 0 fully saturated rings. The summed E-state index contributed by atoms with van der Waals surface area (Å²) >= 11 is 1.40. The van der Waals surface area contributed by atoms with Crippen molar-refractivity contribution < 1.29 is 29.4 Å². The predicted octanol–water partition coefficient (Wildman–Crippen LogP) is 5.65. The average molecular weight is 557 g/mol. The predicted molar refractivity (Wildman–Crippen MR) is 155 cm³/mol. The van der Waals surface area contributed by atoms with Crippen LogP contribution in [0, 0.1) is 17.8 Å². The van der Waals surface area contributed by atoms with E-state index < -0.39 is 42.3 Å². The van der Waals surface area contributed by atoms with Crippen LogP contribution in [0.1, 0.15) is 106 Å². The summed E-state index contributed by atoms with van der Waals surface area (Å²) in [5.41, 5.74) is 1.28. The lowest BCUT2D eigenvalue weighted by atomic mass is 9.91. The van der Waals surface area contributed by atoms with Gasteiger partial charge < -0.3 is 20.8 Å². The molecule has 0 aliphatic heterocycles. The molecule has 0 aromatic carbocycles. The lowest BCUT2D eigenvalue weighted by molar-refractivity contribution is -0.144. The van der Waals surface area contributed by atoms with Gasteiger partial charge in [0, 0.05) is 18.4 Å². The number of hydrogen-bond donors (Lipinski definition) is 4. The maximum atomic E-state index is 12.1. The van der Waals surface area contributed by atoms with Crippen LogP contribution in [0.15, 0.2) is 11.6 Å². The van der Waals surface area contributed by atoms with Gasteiger partial charge in [0.2, 0.25) is 11.8 Å². The molecular formula is C29H52N2O6S. The molecule has 0 saturated heterocycles. The second kappa shape index (κ2) is 20.9. The largest absolute Gasteiger partial charge is 0.480 e. The van der Waals surface area contributed by atoms with Crippen LogP contribution in [0.25, 0.3) is 0 Å². The van der Waals surface area contributed by atoms with E-state index in [-0.39, 0.29) is 5.75 Å². The first-order valence-electron chi connectivity index (χ1n) is 14.1. The molecule has 0 saturated carbocycles. The first kappa shape index (κ1) is 36.0. The van der Waals surface area contributed by atoms with E-state index in [2.05, 4.69) is 51.3 Å². The minimum absolute atomic E-state index is 0.162. The number of carbonyl (C=O) groups is 4. The lowest BCUT2D eigenvalue weighted by Gasteiger charge is -2.17. The molecule has 4 N–H and O–H groups in total. The van der Waals surface area contributed by atoms with E-state index in [4.69, 9.17) is 5.11 Å². The molecule has 4 unspecified atom stereocenters. The third-order valence-corrected chi connectivity index (χ3v) is 7.64. The summed E-state index contributed by atoms with van der Waals surface area (Å²) in [5, 5.41) is 23.0. The van der Waals surface area contributed by atoms with E-state index in [0.29, 0.717) is 5.75 Å². The Kier molecular flexibility index (Phi) is 19.8. The molecule has 0 aliphatic carbocycles. The Morgan fingerprint density at radius 2 is 1.29 bits per heavy atom. The van der Waals surface area contributed by atoms with Crippen LogP contribution in [-0.2, 0) is 19.2 Å². The van der Waals surface area contributed by atoms with Gasteiger partial charge in [-0.2, -0.15) is 11.8 Å². The highest BCUT2D eigenvalue weighted by atomic mass is 32.2. The maximum Gasteiger partial charge on any atom is 0.327 e. The Morgan fingerprint density at radius 3 is 1.79 bits per heavy atom. The van der Waals surface area contributed by atoms with Crippen LogP contribution >= 0.6 is 11.8 Å². The smallest absolute Gasteiger partial charge is 0.327 e. The summed E-state index contributed by atoms with van der Waals surface area (Å²) in [4.78, 5) is 45.9. The zero-order valence-corrected chi connectivity index (χ0v) is 25.2. The topological polar surface area (TPSA) is 133 Å². The van der Waals surface area contributed by atoms with Gasteiger partial charge in [0.05, 0.1) is 6.42 Å². The third-order valence-electron chi connectivity index (χ3n) is 6.67. The molecule has 0 bridgehead atoms. The number of amides is 2. The van der Waals surface area contributed by atoms with Crippen LogP contribution in [0.2, 0.25) is 0 Å². The van der Waals surface area contributed by atoms with Crippen molar-refractivity contribution in [2.45, 2.75) is 118 Å². The van der Waals surface area contributed by atoms with Crippen LogP contribution in [0.3, 0.4) is 0 Å². The highest BCUT2D eigenvalue weighted by Crippen LogP contribution is 2.22. The highest BCUT2D eigenvalue weighted by Gasteiger charge is 2.25. The summed E-state index contributed by atoms with van der Waals surface area (Å²) in [6.45, 7) is 12.5. The Hall–Kier alpha value is -2.03. The molecule has 220 valence electrons. The molecule has 38 heavy (non-hydrogen) atoms. The van der Waals surface area contributed by atoms with Crippen molar-refractivity contribution in [2.24, 2.45) is 17.8 Å². The standard InChI is InChI=1S/C29H52N2O6S/c1-20(2)10-7-11-21(3)12-8-13-22(4)14-9-15-23(5)16-17-38-19-26(29(36)37)31-27(33)18-25(28(34)35)30-24(6)32/h16,20-22,25-26H,7-15,17-19H2,1-6H3,(H,30,32)(H,31,33)(H,34,35)(H,36,37)/b23-16+. The monoisotopic (exact) mass is 556 g/mol. The van der Waals surface area contributed by atoms with Gasteiger partial charge in [-0.25, -0.2) is 9.59 Å². The van der Waals surface area contributed by atoms with Gasteiger partial charge in [-0.3, -0.25) is 9.59 Å². The number of carboxylic acids is 2. The number of carbonyl (C=O) groups excluding carboxylic acids is 2. The van der Waals surface area contributed by atoms with E-state index in [1.165, 1.54) is 62.3 Å². The lowest BCUT2D eigenvalue weighted by Crippen LogP contribution is -2.47. The fourth-order valence-electron chi connectivity index (χ4n) is 4.26. The van der Waals surface area contributed by atoms with Crippen molar-refractivity contribution in [2.75, 3.05) is 11.5 Å². The molecule has 0 heterocycles. The van der Waals surface area contributed by atoms with Crippen LogP contribution < -0.4 is 10.6 Å². The van der Waals surface area contributed by atoms with E-state index in [9.17, 15) is 24.3 Å². The molecule has 0 spiro atoms. The van der Waals surface area contributed by atoms with Crippen LogP contribution in [0.5, 0.6) is 0 Å². The average Bonchev–Trinajstić information content (AvgIpc) is 2.79. The van der Waals surface area contributed by atoms with Gasteiger partial charge >= 0.3 is 11.9 Å². The summed E-state index contributed by atoms with van der Waals surface area (Å²) in [6.07, 6.45) is 12.9. The zero-order chi connectivity index (χ0) is 29.1. The first-order valence-corrected chi connectivity index (χ1v) is 15.2. The van der Waals surface area contributed by atoms with Gasteiger partial charge in [-0.05, 0) is 37.5 Å². The Morgan fingerprint density at radius 1 is 0.763 bits per heavy atom. The number of hydrogen-bond acceptors (Lipinski definition) is 5. The molecule has 8 nitrogen and oxygen atoms in total. The Labute approximate surface area is 234 Å². The van der Waals surface area contributed by atoms with Crippen molar-refractivity contribution in [3.63, 3.8) is 0 Å². The van der Waals surface area contributed by atoms with Crippen molar-refractivity contribution >= 4 is 35.5 Å². The number of rotatable bonds is 22. The molecular weight excluding hydrogens is 504 g/mol. The molecule has 0 radical (unpaired) electrons. The zero-order valence-electron chi connectivity index (χ0n) is 24.4. The van der Waals surface area contributed by atoms with E-state index in [0.717, 1.165) is 37.5 Å². The van der Waals surface area contributed by atoms with Crippen molar-refractivity contribution in [1.82, 2.24) is 10.6 Å². The summed E-state index contributed by atoms with van der Waals surface area (Å²) in [7, 11) is 0. The first-order chi connectivity index (χ1) is 17.8. The van der Waals surface area contributed by atoms with Crippen molar-refractivity contribution in [3.05, 3.63) is 11.6 Å². The number of nitrogens with one attached hydrogen (secondary N) is 2. The van der Waals surface area contributed by atoms with E-state index in [1.807, 2.05) is 0 Å². The summed E-state index contributed by atoms with van der Waals surface area (Å²) in [6, 6.07) is -2.53.